The number of hydrogen-bond acceptors (Lipinski definition) is 4. The van der Waals surface area contributed by atoms with Gasteiger partial charge in [-0.05, 0) is 41.1 Å². The molecule has 3 aromatic rings. The van der Waals surface area contributed by atoms with E-state index >= 15 is 0 Å². The molecule has 0 N–H and O–H groups in total. The van der Waals surface area contributed by atoms with E-state index in [0.29, 0.717) is 11.3 Å². The van der Waals surface area contributed by atoms with Gasteiger partial charge in [-0.25, -0.2) is 13.6 Å². The van der Waals surface area contributed by atoms with Crippen molar-refractivity contribution in [3.63, 3.8) is 0 Å². The van der Waals surface area contributed by atoms with Crippen molar-refractivity contribution < 1.29 is 13.5 Å². The highest BCUT2D eigenvalue weighted by atomic mass is 19.1. The van der Waals surface area contributed by atoms with E-state index in [1.807, 2.05) is 0 Å². The molecule has 124 valence electrons. The third-order valence-electron chi connectivity index (χ3n) is 3.57. The molecule has 0 aliphatic carbocycles. The molecule has 0 unspecified atom stereocenters. The van der Waals surface area contributed by atoms with Crippen molar-refractivity contribution in [2.45, 2.75) is 13.5 Å². The lowest BCUT2D eigenvalue weighted by atomic mass is 10.1. The maximum atomic E-state index is 14.2. The first-order valence-corrected chi connectivity index (χ1v) is 7.13. The van der Waals surface area contributed by atoms with Crippen LogP contribution in [0.2, 0.25) is 0 Å². The smallest absolute Gasteiger partial charge is 0.368 e. The number of tetrazole rings is 1. The van der Waals surface area contributed by atoms with E-state index in [1.54, 1.807) is 13.0 Å². The third kappa shape index (κ3) is 2.90. The number of rotatable bonds is 4. The lowest BCUT2D eigenvalue weighted by Gasteiger charge is -2.12. The predicted molar refractivity (Wildman–Crippen MR) is 82.0 cm³/mol. The molecule has 0 radical (unpaired) electrons. The summed E-state index contributed by atoms with van der Waals surface area (Å²) < 4.78 is 35.1. The molecular weight excluding hydrogens is 318 g/mol. The van der Waals surface area contributed by atoms with Gasteiger partial charge in [-0.1, -0.05) is 12.1 Å². The number of halogens is 2. The molecule has 3 rings (SSSR count). The molecule has 0 aliphatic heterocycles. The summed E-state index contributed by atoms with van der Waals surface area (Å²) in [5.41, 5.74) is 0.556. The van der Waals surface area contributed by atoms with E-state index in [4.69, 9.17) is 4.74 Å². The van der Waals surface area contributed by atoms with Crippen LogP contribution in [-0.2, 0) is 13.7 Å². The Morgan fingerprint density at radius 2 is 1.96 bits per heavy atom. The van der Waals surface area contributed by atoms with Crippen molar-refractivity contribution in [1.29, 1.82) is 0 Å². The summed E-state index contributed by atoms with van der Waals surface area (Å²) in [6, 6.07) is 8.36. The molecule has 0 spiro atoms. The van der Waals surface area contributed by atoms with E-state index in [1.165, 1.54) is 37.4 Å². The molecule has 24 heavy (non-hydrogen) atoms. The molecule has 0 saturated heterocycles. The summed E-state index contributed by atoms with van der Waals surface area (Å²) in [4.78, 5) is 12.0. The maximum absolute atomic E-state index is 14.2. The highest BCUT2D eigenvalue weighted by Gasteiger charge is 2.15. The Morgan fingerprint density at radius 3 is 2.67 bits per heavy atom. The Bertz CT molecular complexity index is 949. The van der Waals surface area contributed by atoms with E-state index < -0.39 is 17.3 Å². The zero-order valence-electron chi connectivity index (χ0n) is 13.0. The van der Waals surface area contributed by atoms with Gasteiger partial charge in [0.15, 0.2) is 0 Å². The number of hydrogen-bond donors (Lipinski definition) is 0. The normalized spacial score (nSPS) is 10.8. The molecule has 0 fully saturated rings. The second-order valence-corrected chi connectivity index (χ2v) is 5.23. The van der Waals surface area contributed by atoms with Crippen LogP contribution in [-0.4, -0.2) is 19.8 Å². The minimum absolute atomic E-state index is 0.128. The molecule has 6 nitrogen and oxygen atoms in total. The van der Waals surface area contributed by atoms with Crippen molar-refractivity contribution in [2.75, 3.05) is 0 Å². The van der Waals surface area contributed by atoms with Gasteiger partial charge in [0.1, 0.15) is 24.0 Å². The van der Waals surface area contributed by atoms with Crippen molar-refractivity contribution in [1.82, 2.24) is 19.8 Å². The standard InChI is InChI=1S/C16H14F2N4O2/c1-10-6-7-11(17)8-15(10)24-9-12-13(18)4-3-5-14(12)22-16(23)21(2)19-20-22/h3-8H,9H2,1-2H3. The van der Waals surface area contributed by atoms with Crippen LogP contribution in [0.15, 0.2) is 41.2 Å². The van der Waals surface area contributed by atoms with Crippen LogP contribution in [0.3, 0.4) is 0 Å². The van der Waals surface area contributed by atoms with Gasteiger partial charge in [0.05, 0.1) is 11.3 Å². The first kappa shape index (κ1) is 15.9. The monoisotopic (exact) mass is 332 g/mol. The van der Waals surface area contributed by atoms with Crippen LogP contribution in [0.1, 0.15) is 11.1 Å². The predicted octanol–water partition coefficient (Wildman–Crippen LogP) is 2.13. The fourth-order valence-corrected chi connectivity index (χ4v) is 2.23. The first-order chi connectivity index (χ1) is 11.5. The highest BCUT2D eigenvalue weighted by molar-refractivity contribution is 5.41. The van der Waals surface area contributed by atoms with E-state index in [2.05, 4.69) is 10.4 Å². The van der Waals surface area contributed by atoms with Crippen LogP contribution >= 0.6 is 0 Å². The van der Waals surface area contributed by atoms with Gasteiger partial charge >= 0.3 is 5.69 Å². The summed E-state index contributed by atoms with van der Waals surface area (Å²) in [7, 11) is 1.44. The highest BCUT2D eigenvalue weighted by Crippen LogP contribution is 2.23. The van der Waals surface area contributed by atoms with Crippen LogP contribution in [0.5, 0.6) is 5.75 Å². The van der Waals surface area contributed by atoms with Crippen molar-refractivity contribution in [3.8, 4) is 11.4 Å². The van der Waals surface area contributed by atoms with Gasteiger partial charge in [-0.2, -0.15) is 9.36 Å². The fourth-order valence-electron chi connectivity index (χ4n) is 2.23. The Kier molecular flexibility index (Phi) is 4.11. The molecule has 0 saturated carbocycles. The van der Waals surface area contributed by atoms with Gasteiger partial charge in [-0.3, -0.25) is 0 Å². The van der Waals surface area contributed by atoms with E-state index in [0.717, 1.165) is 9.36 Å². The van der Waals surface area contributed by atoms with Gasteiger partial charge < -0.3 is 4.74 Å². The van der Waals surface area contributed by atoms with Gasteiger partial charge in [0.25, 0.3) is 0 Å². The van der Waals surface area contributed by atoms with Crippen molar-refractivity contribution in [3.05, 3.63) is 69.6 Å². The number of aromatic nitrogens is 4. The molecule has 0 bridgehead atoms. The van der Waals surface area contributed by atoms with Crippen LogP contribution in [0.4, 0.5) is 8.78 Å². The second kappa shape index (κ2) is 6.23. The van der Waals surface area contributed by atoms with E-state index in [9.17, 15) is 13.6 Å². The summed E-state index contributed by atoms with van der Waals surface area (Å²) in [5, 5.41) is 7.32. The first-order valence-electron chi connectivity index (χ1n) is 7.13. The van der Waals surface area contributed by atoms with Gasteiger partial charge in [-0.15, -0.1) is 0 Å². The minimum atomic E-state index is -0.556. The summed E-state index contributed by atoms with van der Waals surface area (Å²) in [6.45, 7) is 1.57. The zero-order valence-corrected chi connectivity index (χ0v) is 13.0. The molecule has 1 aromatic heterocycles. The SMILES string of the molecule is Cc1ccc(F)cc1OCc1c(F)cccc1-n1nnn(C)c1=O. The Labute approximate surface area is 135 Å². The minimum Gasteiger partial charge on any atom is -0.488 e. The number of benzene rings is 2. The van der Waals surface area contributed by atoms with Crippen LogP contribution in [0, 0.1) is 18.6 Å². The largest absolute Gasteiger partial charge is 0.488 e. The molecule has 1 heterocycles. The Hall–Kier alpha value is -3.03. The fraction of sp³-hybridized carbons (Fsp3) is 0.188. The Morgan fingerprint density at radius 1 is 1.17 bits per heavy atom. The van der Waals surface area contributed by atoms with Crippen LogP contribution < -0.4 is 10.4 Å². The van der Waals surface area contributed by atoms with Gasteiger partial charge in [0.2, 0.25) is 0 Å². The summed E-state index contributed by atoms with van der Waals surface area (Å²) >= 11 is 0. The number of nitrogens with zero attached hydrogens (tertiary/aromatic N) is 4. The number of ether oxygens (including phenoxy) is 1. The molecule has 0 aliphatic rings. The maximum Gasteiger partial charge on any atom is 0.368 e. The van der Waals surface area contributed by atoms with Crippen LogP contribution in [0.25, 0.3) is 5.69 Å². The molecule has 2 aromatic carbocycles. The molecular formula is C16H14F2N4O2. The second-order valence-electron chi connectivity index (χ2n) is 5.23. The average Bonchev–Trinajstić information content (AvgIpc) is 2.88. The van der Waals surface area contributed by atoms with Crippen molar-refractivity contribution in [2.24, 2.45) is 7.05 Å². The molecule has 8 heteroatoms. The van der Waals surface area contributed by atoms with Gasteiger partial charge in [0, 0.05) is 13.1 Å². The lowest BCUT2D eigenvalue weighted by Crippen LogP contribution is -2.23. The average molecular weight is 332 g/mol. The quantitative estimate of drug-likeness (QED) is 0.734. The molecule has 0 atom stereocenters. The zero-order chi connectivity index (χ0) is 17.3. The Balaban J connectivity index is 1.98. The van der Waals surface area contributed by atoms with E-state index in [-0.39, 0.29) is 17.9 Å². The summed E-state index contributed by atoms with van der Waals surface area (Å²) in [5.74, 6) is -0.704. The third-order valence-corrected chi connectivity index (χ3v) is 3.57. The lowest BCUT2D eigenvalue weighted by molar-refractivity contribution is 0.295. The number of aryl methyl sites for hydroxylation is 2. The molecule has 0 amide bonds. The van der Waals surface area contributed by atoms with Crippen molar-refractivity contribution >= 4 is 0 Å². The topological polar surface area (TPSA) is 61.9 Å². The summed E-state index contributed by atoms with van der Waals surface area (Å²) in [6.07, 6.45) is 0.